The second-order valence-corrected chi connectivity index (χ2v) is 3.50. The predicted molar refractivity (Wildman–Crippen MR) is 60.8 cm³/mol. The first-order chi connectivity index (χ1) is 6.75. The summed E-state index contributed by atoms with van der Waals surface area (Å²) in [5.74, 6) is 1.04. The fourth-order valence-corrected chi connectivity index (χ4v) is 1.43. The maximum Gasteiger partial charge on any atom is 0.125 e. The second-order valence-electron chi connectivity index (χ2n) is 3.50. The van der Waals surface area contributed by atoms with Crippen LogP contribution in [0.4, 0.5) is 0 Å². The van der Waals surface area contributed by atoms with E-state index in [9.17, 15) is 0 Å². The number of ether oxygens (including phenoxy) is 1. The van der Waals surface area contributed by atoms with E-state index in [4.69, 9.17) is 4.74 Å². The first-order valence-electron chi connectivity index (χ1n) is 5.05. The lowest BCUT2D eigenvalue weighted by molar-refractivity contribution is 0.308. The Hall–Kier alpha value is -1.24. The molecule has 0 saturated heterocycles. The van der Waals surface area contributed by atoms with Crippen LogP contribution in [-0.2, 0) is 0 Å². The molecule has 0 amide bonds. The van der Waals surface area contributed by atoms with E-state index in [0.29, 0.717) is 0 Å². The van der Waals surface area contributed by atoms with Crippen LogP contribution in [0.5, 0.6) is 5.75 Å². The van der Waals surface area contributed by atoms with E-state index >= 15 is 0 Å². The Morgan fingerprint density at radius 2 is 1.93 bits per heavy atom. The summed E-state index contributed by atoms with van der Waals surface area (Å²) in [5, 5.41) is 0. The van der Waals surface area contributed by atoms with Gasteiger partial charge in [0.05, 0.1) is 6.61 Å². The fraction of sp³-hybridized carbons (Fsp3) is 0.385. The van der Waals surface area contributed by atoms with Crippen LogP contribution >= 0.6 is 0 Å². The number of benzene rings is 1. The van der Waals surface area contributed by atoms with Gasteiger partial charge < -0.3 is 4.74 Å². The molecule has 1 heteroatoms. The van der Waals surface area contributed by atoms with Crippen molar-refractivity contribution in [2.24, 2.45) is 0 Å². The first kappa shape index (κ1) is 10.8. The quantitative estimate of drug-likeness (QED) is 0.508. The molecule has 0 aliphatic heterocycles. The van der Waals surface area contributed by atoms with Gasteiger partial charge in [0.1, 0.15) is 5.75 Å². The summed E-state index contributed by atoms with van der Waals surface area (Å²) in [6, 6.07) is 6.22. The zero-order valence-electron chi connectivity index (χ0n) is 9.05. The van der Waals surface area contributed by atoms with Gasteiger partial charge in [-0.05, 0) is 37.8 Å². The monoisotopic (exact) mass is 190 g/mol. The number of allylic oxidation sites excluding steroid dienone is 1. The molecule has 0 aliphatic carbocycles. The molecular weight excluding hydrogens is 172 g/mol. The summed E-state index contributed by atoms with van der Waals surface area (Å²) in [7, 11) is 0. The SMILES string of the molecule is C=CCCCOc1c(C)cccc1C. The molecule has 0 saturated carbocycles. The molecule has 1 aromatic carbocycles. The molecule has 0 N–H and O–H groups in total. The number of unbranched alkanes of at least 4 members (excludes halogenated alkanes) is 1. The zero-order valence-corrected chi connectivity index (χ0v) is 9.05. The molecule has 0 spiro atoms. The van der Waals surface area contributed by atoms with E-state index in [0.717, 1.165) is 25.2 Å². The Bertz CT molecular complexity index is 282. The minimum Gasteiger partial charge on any atom is -0.493 e. The van der Waals surface area contributed by atoms with Crippen LogP contribution in [0.3, 0.4) is 0 Å². The maximum atomic E-state index is 5.72. The Morgan fingerprint density at radius 3 is 2.50 bits per heavy atom. The molecule has 0 heterocycles. The molecule has 0 bridgehead atoms. The number of aryl methyl sites for hydroxylation is 2. The van der Waals surface area contributed by atoms with Gasteiger partial charge in [-0.3, -0.25) is 0 Å². The summed E-state index contributed by atoms with van der Waals surface area (Å²) in [6.07, 6.45) is 3.98. The largest absolute Gasteiger partial charge is 0.493 e. The molecular formula is C13H18O. The maximum absolute atomic E-state index is 5.72. The van der Waals surface area contributed by atoms with Crippen LogP contribution in [0.25, 0.3) is 0 Å². The van der Waals surface area contributed by atoms with Gasteiger partial charge in [0.2, 0.25) is 0 Å². The summed E-state index contributed by atoms with van der Waals surface area (Å²) < 4.78 is 5.72. The average molecular weight is 190 g/mol. The minimum absolute atomic E-state index is 0.776. The van der Waals surface area contributed by atoms with Gasteiger partial charge in [-0.2, -0.15) is 0 Å². The van der Waals surface area contributed by atoms with Gasteiger partial charge >= 0.3 is 0 Å². The number of hydrogen-bond acceptors (Lipinski definition) is 1. The van der Waals surface area contributed by atoms with Crippen LogP contribution in [0.15, 0.2) is 30.9 Å². The summed E-state index contributed by atoms with van der Waals surface area (Å²) in [6.45, 7) is 8.62. The van der Waals surface area contributed by atoms with Crippen LogP contribution in [0.2, 0.25) is 0 Å². The third kappa shape index (κ3) is 2.91. The van der Waals surface area contributed by atoms with E-state index in [2.05, 4.69) is 38.6 Å². The van der Waals surface area contributed by atoms with Gasteiger partial charge in [0.25, 0.3) is 0 Å². The molecule has 0 aliphatic rings. The van der Waals surface area contributed by atoms with Crippen LogP contribution in [0, 0.1) is 13.8 Å². The van der Waals surface area contributed by atoms with Crippen molar-refractivity contribution >= 4 is 0 Å². The van der Waals surface area contributed by atoms with Crippen molar-refractivity contribution in [3.05, 3.63) is 42.0 Å². The molecule has 1 nitrogen and oxygen atoms in total. The van der Waals surface area contributed by atoms with Crippen molar-refractivity contribution < 1.29 is 4.74 Å². The average Bonchev–Trinajstić information content (AvgIpc) is 2.16. The predicted octanol–water partition coefficient (Wildman–Crippen LogP) is 3.65. The van der Waals surface area contributed by atoms with Crippen LogP contribution in [-0.4, -0.2) is 6.61 Å². The fourth-order valence-electron chi connectivity index (χ4n) is 1.43. The molecule has 0 aromatic heterocycles. The Morgan fingerprint density at radius 1 is 1.29 bits per heavy atom. The Kier molecular flexibility index (Phi) is 4.24. The summed E-state index contributed by atoms with van der Waals surface area (Å²) in [5.41, 5.74) is 2.42. The van der Waals surface area contributed by atoms with E-state index < -0.39 is 0 Å². The highest BCUT2D eigenvalue weighted by Gasteiger charge is 2.01. The van der Waals surface area contributed by atoms with Crippen molar-refractivity contribution in [1.82, 2.24) is 0 Å². The second kappa shape index (κ2) is 5.48. The third-order valence-corrected chi connectivity index (χ3v) is 2.21. The number of para-hydroxylation sites is 1. The summed E-state index contributed by atoms with van der Waals surface area (Å²) >= 11 is 0. The van der Waals surface area contributed by atoms with Crippen molar-refractivity contribution in [3.8, 4) is 5.75 Å². The molecule has 0 atom stereocenters. The van der Waals surface area contributed by atoms with E-state index in [1.165, 1.54) is 11.1 Å². The molecule has 1 rings (SSSR count). The van der Waals surface area contributed by atoms with Crippen molar-refractivity contribution in [2.75, 3.05) is 6.61 Å². The van der Waals surface area contributed by atoms with Gasteiger partial charge in [0.15, 0.2) is 0 Å². The highest BCUT2D eigenvalue weighted by molar-refractivity contribution is 5.39. The molecule has 0 fully saturated rings. The Balaban J connectivity index is 2.53. The van der Waals surface area contributed by atoms with Crippen LogP contribution in [0.1, 0.15) is 24.0 Å². The minimum atomic E-state index is 0.776. The Labute approximate surface area is 86.4 Å². The first-order valence-corrected chi connectivity index (χ1v) is 5.05. The molecule has 1 aromatic rings. The van der Waals surface area contributed by atoms with Gasteiger partial charge in [-0.1, -0.05) is 24.3 Å². The normalized spacial score (nSPS) is 9.86. The summed E-state index contributed by atoms with van der Waals surface area (Å²) in [4.78, 5) is 0. The highest BCUT2D eigenvalue weighted by atomic mass is 16.5. The topological polar surface area (TPSA) is 9.23 Å². The van der Waals surface area contributed by atoms with Crippen molar-refractivity contribution in [2.45, 2.75) is 26.7 Å². The third-order valence-electron chi connectivity index (χ3n) is 2.21. The van der Waals surface area contributed by atoms with Crippen molar-refractivity contribution in [1.29, 1.82) is 0 Å². The van der Waals surface area contributed by atoms with E-state index in [1.807, 2.05) is 6.08 Å². The van der Waals surface area contributed by atoms with E-state index in [-0.39, 0.29) is 0 Å². The molecule has 76 valence electrons. The number of hydrogen-bond donors (Lipinski definition) is 0. The van der Waals surface area contributed by atoms with Crippen LogP contribution < -0.4 is 4.74 Å². The molecule has 14 heavy (non-hydrogen) atoms. The lowest BCUT2D eigenvalue weighted by atomic mass is 10.1. The lowest BCUT2D eigenvalue weighted by Gasteiger charge is -2.11. The van der Waals surface area contributed by atoms with Crippen molar-refractivity contribution in [3.63, 3.8) is 0 Å². The lowest BCUT2D eigenvalue weighted by Crippen LogP contribution is -1.99. The van der Waals surface area contributed by atoms with Gasteiger partial charge in [0, 0.05) is 0 Å². The highest BCUT2D eigenvalue weighted by Crippen LogP contribution is 2.22. The standard InChI is InChI=1S/C13H18O/c1-4-5-6-10-14-13-11(2)8-7-9-12(13)3/h4,7-9H,1,5-6,10H2,2-3H3. The van der Waals surface area contributed by atoms with E-state index in [1.54, 1.807) is 0 Å². The zero-order chi connectivity index (χ0) is 10.4. The smallest absolute Gasteiger partial charge is 0.125 e. The molecule has 0 unspecified atom stereocenters. The van der Waals surface area contributed by atoms with Gasteiger partial charge in [-0.15, -0.1) is 6.58 Å². The van der Waals surface area contributed by atoms with Gasteiger partial charge in [-0.25, -0.2) is 0 Å². The molecule has 0 radical (unpaired) electrons. The number of rotatable bonds is 5.